The molecule has 7 N–H and O–H groups in total. The smallest absolute Gasteiger partial charge is 0.475 e. The van der Waals surface area contributed by atoms with Crippen molar-refractivity contribution in [3.05, 3.63) is 29.1 Å². The molecule has 3 amide bonds. The number of halogens is 7. The van der Waals surface area contributed by atoms with Crippen LogP contribution >= 0.6 is 0 Å². The van der Waals surface area contributed by atoms with Gasteiger partial charge in [0.05, 0.1) is 17.6 Å². The number of carbonyl (C=O) groups excluding carboxylic acids is 3. The maximum absolute atomic E-state index is 14.7. The number of hydrogen-bond donors (Lipinski definition) is 5. The van der Waals surface area contributed by atoms with Crippen LogP contribution in [0.4, 0.5) is 36.4 Å². The first-order valence-electron chi connectivity index (χ1n) is 11.7. The molecule has 2 aliphatic carbocycles. The van der Waals surface area contributed by atoms with Crippen LogP contribution in [0.15, 0.2) is 12.1 Å². The number of amides is 3. The molecule has 0 heterocycles. The zero-order valence-corrected chi connectivity index (χ0v) is 20.5. The minimum atomic E-state index is -5.08. The summed E-state index contributed by atoms with van der Waals surface area (Å²) in [5.74, 6) is -6.90. The SMILES string of the molecule is CC(C(=O)NCC(F)(F)F)c1cc(F)c(NC(=O)[C@@H](N)C(C2CC2)C2CC2)cc1C(N)=O.O=C(O)C(F)(F)F. The van der Waals surface area contributed by atoms with E-state index in [-0.39, 0.29) is 22.7 Å². The first kappa shape index (κ1) is 31.8. The number of hydrogen-bond acceptors (Lipinski definition) is 5. The zero-order chi connectivity index (χ0) is 29.9. The van der Waals surface area contributed by atoms with Crippen LogP contribution in [0.5, 0.6) is 0 Å². The summed E-state index contributed by atoms with van der Waals surface area (Å²) < 4.78 is 83.5. The largest absolute Gasteiger partial charge is 0.490 e. The van der Waals surface area contributed by atoms with Crippen LogP contribution in [0.2, 0.25) is 0 Å². The van der Waals surface area contributed by atoms with Gasteiger partial charge in [0.1, 0.15) is 12.4 Å². The first-order chi connectivity index (χ1) is 17.8. The van der Waals surface area contributed by atoms with Gasteiger partial charge in [0.2, 0.25) is 17.7 Å². The fourth-order valence-corrected chi connectivity index (χ4v) is 4.06. The third-order valence-electron chi connectivity index (χ3n) is 6.28. The highest BCUT2D eigenvalue weighted by molar-refractivity contribution is 6.00. The van der Waals surface area contributed by atoms with E-state index >= 15 is 0 Å². The van der Waals surface area contributed by atoms with Crippen molar-refractivity contribution in [2.45, 2.75) is 56.9 Å². The van der Waals surface area contributed by atoms with Gasteiger partial charge in [-0.2, -0.15) is 26.3 Å². The maximum atomic E-state index is 14.7. The van der Waals surface area contributed by atoms with E-state index in [4.69, 9.17) is 21.4 Å². The Bertz CT molecular complexity index is 1090. The second-order valence-corrected chi connectivity index (χ2v) is 9.41. The summed E-state index contributed by atoms with van der Waals surface area (Å²) in [6.45, 7) is -0.350. The van der Waals surface area contributed by atoms with Crippen molar-refractivity contribution < 1.29 is 55.0 Å². The van der Waals surface area contributed by atoms with E-state index in [9.17, 15) is 45.1 Å². The second-order valence-electron chi connectivity index (χ2n) is 9.41. The van der Waals surface area contributed by atoms with Crippen molar-refractivity contribution in [1.29, 1.82) is 0 Å². The summed E-state index contributed by atoms with van der Waals surface area (Å²) in [5.41, 5.74) is 10.7. The number of benzene rings is 1. The number of carboxylic acid groups (broad SMARTS) is 1. The molecule has 2 fully saturated rings. The minimum absolute atomic E-state index is 0.0188. The predicted octanol–water partition coefficient (Wildman–Crippen LogP) is 3.04. The minimum Gasteiger partial charge on any atom is -0.475 e. The van der Waals surface area contributed by atoms with Gasteiger partial charge in [-0.05, 0) is 68.1 Å². The fraction of sp³-hybridized carbons (Fsp3) is 0.565. The summed E-state index contributed by atoms with van der Waals surface area (Å²) in [4.78, 5) is 45.5. The molecule has 2 aliphatic rings. The third-order valence-corrected chi connectivity index (χ3v) is 6.28. The molecule has 39 heavy (non-hydrogen) atoms. The zero-order valence-electron chi connectivity index (χ0n) is 20.5. The van der Waals surface area contributed by atoms with Crippen LogP contribution in [-0.2, 0) is 14.4 Å². The lowest BCUT2D eigenvalue weighted by molar-refractivity contribution is -0.192. The topological polar surface area (TPSA) is 165 Å². The van der Waals surface area contributed by atoms with Crippen LogP contribution in [0, 0.1) is 23.6 Å². The van der Waals surface area contributed by atoms with Gasteiger partial charge in [0, 0.05) is 5.56 Å². The van der Waals surface area contributed by atoms with E-state index in [1.165, 1.54) is 6.92 Å². The lowest BCUT2D eigenvalue weighted by Gasteiger charge is -2.23. The molecular formula is C23H27F7N4O5. The molecular weight excluding hydrogens is 545 g/mol. The fourth-order valence-electron chi connectivity index (χ4n) is 4.06. The molecule has 0 saturated heterocycles. The molecule has 0 aliphatic heterocycles. The Hall–Kier alpha value is -3.43. The Morgan fingerprint density at radius 2 is 1.49 bits per heavy atom. The van der Waals surface area contributed by atoms with Crippen LogP contribution in [0.3, 0.4) is 0 Å². The van der Waals surface area contributed by atoms with Gasteiger partial charge >= 0.3 is 18.3 Å². The van der Waals surface area contributed by atoms with E-state index in [0.717, 1.165) is 37.8 Å². The number of anilines is 1. The Balaban J connectivity index is 0.000000673. The van der Waals surface area contributed by atoms with E-state index in [0.29, 0.717) is 11.8 Å². The molecule has 9 nitrogen and oxygen atoms in total. The number of nitrogens with one attached hydrogen (secondary N) is 2. The first-order valence-corrected chi connectivity index (χ1v) is 11.7. The Morgan fingerprint density at radius 3 is 1.87 bits per heavy atom. The van der Waals surface area contributed by atoms with Crippen LogP contribution < -0.4 is 22.1 Å². The van der Waals surface area contributed by atoms with E-state index < -0.39 is 60.4 Å². The normalized spacial score (nSPS) is 17.0. The molecule has 0 radical (unpaired) electrons. The van der Waals surface area contributed by atoms with Gasteiger partial charge < -0.3 is 27.2 Å². The van der Waals surface area contributed by atoms with Crippen LogP contribution in [-0.4, -0.2) is 53.7 Å². The number of nitrogens with two attached hydrogens (primary N) is 2. The molecule has 0 bridgehead atoms. The average molecular weight is 572 g/mol. The highest BCUT2D eigenvalue weighted by atomic mass is 19.4. The standard InChI is InChI=1S/C21H26F4N4O3.C2HF3O2/c1-9(19(31)28-8-21(23,24)25)12-6-14(22)15(7-13(12)18(27)30)29-20(32)17(26)16(10-2-3-10)11-4-5-11;3-2(4,5)1(6)7/h6-7,9-11,16-17H,2-5,8,26H2,1H3,(H2,27,30)(H,28,31)(H,29,32);(H,6,7)/t9?,17-;/m0./s1. The Kier molecular flexibility index (Phi) is 9.92. The Labute approximate surface area is 217 Å². The van der Waals surface area contributed by atoms with Crippen molar-refractivity contribution >= 4 is 29.4 Å². The molecule has 1 aromatic rings. The van der Waals surface area contributed by atoms with Crippen molar-refractivity contribution in [3.8, 4) is 0 Å². The van der Waals surface area contributed by atoms with Crippen LogP contribution in [0.25, 0.3) is 0 Å². The lowest BCUT2D eigenvalue weighted by Crippen LogP contribution is -2.44. The second kappa shape index (κ2) is 12.2. The number of carbonyl (C=O) groups is 4. The van der Waals surface area contributed by atoms with Gasteiger partial charge in [-0.1, -0.05) is 0 Å². The molecule has 0 aromatic heterocycles. The number of rotatable bonds is 9. The summed E-state index contributed by atoms with van der Waals surface area (Å²) in [7, 11) is 0. The average Bonchev–Trinajstić information content (AvgIpc) is 3.73. The summed E-state index contributed by atoms with van der Waals surface area (Å²) in [6, 6.07) is 0.963. The number of aliphatic carboxylic acids is 1. The van der Waals surface area contributed by atoms with Crippen molar-refractivity contribution in [2.75, 3.05) is 11.9 Å². The molecule has 2 atom stereocenters. The van der Waals surface area contributed by atoms with E-state index in [1.54, 1.807) is 5.32 Å². The number of primary amides is 1. The highest BCUT2D eigenvalue weighted by Crippen LogP contribution is 2.50. The molecule has 1 unspecified atom stereocenters. The van der Waals surface area contributed by atoms with Gasteiger partial charge in [-0.15, -0.1) is 0 Å². The Morgan fingerprint density at radius 1 is 1.00 bits per heavy atom. The predicted molar refractivity (Wildman–Crippen MR) is 122 cm³/mol. The van der Waals surface area contributed by atoms with Crippen molar-refractivity contribution in [3.63, 3.8) is 0 Å². The van der Waals surface area contributed by atoms with Gasteiger partial charge in [-0.3, -0.25) is 14.4 Å². The highest BCUT2D eigenvalue weighted by Gasteiger charge is 2.46. The van der Waals surface area contributed by atoms with Gasteiger partial charge in [0.25, 0.3) is 0 Å². The molecule has 218 valence electrons. The van der Waals surface area contributed by atoms with E-state index in [2.05, 4.69) is 5.32 Å². The summed E-state index contributed by atoms with van der Waals surface area (Å²) >= 11 is 0. The quantitative estimate of drug-likeness (QED) is 0.286. The molecule has 3 rings (SSSR count). The molecule has 2 saturated carbocycles. The van der Waals surface area contributed by atoms with E-state index in [1.807, 2.05) is 0 Å². The molecule has 0 spiro atoms. The monoisotopic (exact) mass is 572 g/mol. The number of alkyl halides is 6. The molecule has 16 heteroatoms. The van der Waals surface area contributed by atoms with Gasteiger partial charge in [0.15, 0.2) is 0 Å². The third kappa shape index (κ3) is 9.37. The molecule has 1 aromatic carbocycles. The van der Waals surface area contributed by atoms with Crippen LogP contribution in [0.1, 0.15) is 54.4 Å². The lowest BCUT2D eigenvalue weighted by atomic mass is 9.89. The maximum Gasteiger partial charge on any atom is 0.490 e. The summed E-state index contributed by atoms with van der Waals surface area (Å²) in [5, 5.41) is 11.2. The summed E-state index contributed by atoms with van der Waals surface area (Å²) in [6.07, 6.45) is -5.69. The van der Waals surface area contributed by atoms with Gasteiger partial charge in [-0.25, -0.2) is 9.18 Å². The van der Waals surface area contributed by atoms with Crippen molar-refractivity contribution in [1.82, 2.24) is 5.32 Å². The van der Waals surface area contributed by atoms with Crippen molar-refractivity contribution in [2.24, 2.45) is 29.2 Å². The number of carboxylic acids is 1.